The highest BCUT2D eigenvalue weighted by Crippen LogP contribution is 2.38. The Balaban J connectivity index is 1.85. The third kappa shape index (κ3) is 2.69. The predicted molar refractivity (Wildman–Crippen MR) is 92.2 cm³/mol. The number of phenolic OH excluding ortho intramolecular Hbond substituents is 1. The molecule has 0 fully saturated rings. The molecule has 1 unspecified atom stereocenters. The summed E-state index contributed by atoms with van der Waals surface area (Å²) in [5.41, 5.74) is 3.80. The first kappa shape index (κ1) is 15.0. The summed E-state index contributed by atoms with van der Waals surface area (Å²) in [5, 5.41) is 18.6. The van der Waals surface area contributed by atoms with E-state index in [0.29, 0.717) is 23.2 Å². The predicted octanol–water partition coefficient (Wildman–Crippen LogP) is 3.64. The average Bonchev–Trinajstić information content (AvgIpc) is 2.78. The SMILES string of the molecule is CSc1nnc2c(n1)OC(c1ccc(O)cc1)Cc1ccccc1-2. The van der Waals surface area contributed by atoms with Gasteiger partial charge in [-0.05, 0) is 29.5 Å². The molecular formula is C18H15N3O2S. The van der Waals surface area contributed by atoms with Crippen molar-refractivity contribution in [2.45, 2.75) is 17.7 Å². The van der Waals surface area contributed by atoms with Gasteiger partial charge in [-0.1, -0.05) is 48.2 Å². The summed E-state index contributed by atoms with van der Waals surface area (Å²) in [5.74, 6) is 0.735. The van der Waals surface area contributed by atoms with Gasteiger partial charge in [0.05, 0.1) is 0 Å². The zero-order valence-corrected chi connectivity index (χ0v) is 13.8. The number of hydrogen-bond donors (Lipinski definition) is 1. The number of benzene rings is 2. The maximum atomic E-state index is 9.52. The van der Waals surface area contributed by atoms with Crippen LogP contribution >= 0.6 is 11.8 Å². The highest BCUT2D eigenvalue weighted by molar-refractivity contribution is 7.98. The molecule has 2 aromatic carbocycles. The van der Waals surface area contributed by atoms with Crippen LogP contribution in [0.1, 0.15) is 17.2 Å². The number of aromatic nitrogens is 3. The van der Waals surface area contributed by atoms with E-state index >= 15 is 0 Å². The first-order chi connectivity index (χ1) is 11.7. The van der Waals surface area contributed by atoms with Gasteiger partial charge in [-0.15, -0.1) is 10.2 Å². The quantitative estimate of drug-likeness (QED) is 0.720. The Morgan fingerprint density at radius 2 is 1.88 bits per heavy atom. The summed E-state index contributed by atoms with van der Waals surface area (Å²) in [6.45, 7) is 0. The Morgan fingerprint density at radius 1 is 1.08 bits per heavy atom. The van der Waals surface area contributed by atoms with Crippen molar-refractivity contribution >= 4 is 11.8 Å². The molecule has 2 heterocycles. The molecular weight excluding hydrogens is 322 g/mol. The highest BCUT2D eigenvalue weighted by atomic mass is 32.2. The molecule has 0 amide bonds. The van der Waals surface area contributed by atoms with Gasteiger partial charge in [-0.3, -0.25) is 0 Å². The third-order valence-electron chi connectivity index (χ3n) is 4.01. The van der Waals surface area contributed by atoms with E-state index in [4.69, 9.17) is 4.74 Å². The minimum atomic E-state index is -0.195. The fourth-order valence-corrected chi connectivity index (χ4v) is 3.11. The van der Waals surface area contributed by atoms with Gasteiger partial charge in [0.1, 0.15) is 11.9 Å². The molecule has 1 aliphatic rings. The number of aromatic hydroxyl groups is 1. The zero-order chi connectivity index (χ0) is 16.5. The Labute approximate surface area is 143 Å². The third-order valence-corrected chi connectivity index (χ3v) is 4.55. The van der Waals surface area contributed by atoms with Crippen LogP contribution in [0.2, 0.25) is 0 Å². The highest BCUT2D eigenvalue weighted by Gasteiger charge is 2.26. The second-order valence-electron chi connectivity index (χ2n) is 5.51. The normalized spacial score (nSPS) is 15.8. The molecule has 0 saturated carbocycles. The van der Waals surface area contributed by atoms with E-state index in [1.165, 1.54) is 11.8 Å². The second kappa shape index (κ2) is 6.13. The molecule has 0 saturated heterocycles. The Bertz CT molecular complexity index is 884. The van der Waals surface area contributed by atoms with Crippen molar-refractivity contribution in [3.63, 3.8) is 0 Å². The van der Waals surface area contributed by atoms with Gasteiger partial charge in [0.2, 0.25) is 11.0 Å². The van der Waals surface area contributed by atoms with Crippen LogP contribution in [0.4, 0.5) is 0 Å². The number of fused-ring (bicyclic) bond motifs is 3. The Morgan fingerprint density at radius 3 is 2.67 bits per heavy atom. The van der Waals surface area contributed by atoms with E-state index in [-0.39, 0.29) is 11.9 Å². The molecule has 0 radical (unpaired) electrons. The number of phenols is 1. The lowest BCUT2D eigenvalue weighted by Gasteiger charge is -2.17. The van der Waals surface area contributed by atoms with Crippen LogP contribution in [0.15, 0.2) is 53.7 Å². The van der Waals surface area contributed by atoms with Crippen molar-refractivity contribution in [2.24, 2.45) is 0 Å². The van der Waals surface area contributed by atoms with Gasteiger partial charge in [0.15, 0.2) is 5.69 Å². The number of rotatable bonds is 2. The van der Waals surface area contributed by atoms with E-state index in [2.05, 4.69) is 21.2 Å². The van der Waals surface area contributed by atoms with E-state index in [1.807, 2.05) is 36.6 Å². The maximum Gasteiger partial charge on any atom is 0.245 e. The van der Waals surface area contributed by atoms with E-state index < -0.39 is 0 Å². The molecule has 3 aromatic rings. The molecule has 0 bridgehead atoms. The summed E-state index contributed by atoms with van der Waals surface area (Å²) >= 11 is 1.43. The molecule has 6 heteroatoms. The summed E-state index contributed by atoms with van der Waals surface area (Å²) in [7, 11) is 0. The molecule has 1 aromatic heterocycles. The van der Waals surface area contributed by atoms with Crippen molar-refractivity contribution in [3.8, 4) is 22.9 Å². The van der Waals surface area contributed by atoms with Crippen LogP contribution in [0.5, 0.6) is 11.6 Å². The summed E-state index contributed by atoms with van der Waals surface area (Å²) in [6.07, 6.45) is 2.42. The minimum absolute atomic E-state index is 0.195. The molecule has 5 nitrogen and oxygen atoms in total. The van der Waals surface area contributed by atoms with Crippen LogP contribution in [-0.2, 0) is 6.42 Å². The first-order valence-corrected chi connectivity index (χ1v) is 8.79. The molecule has 1 aliphatic heterocycles. The van der Waals surface area contributed by atoms with Gasteiger partial charge in [-0.2, -0.15) is 4.98 Å². The van der Waals surface area contributed by atoms with Crippen LogP contribution in [0.3, 0.4) is 0 Å². The molecule has 0 aliphatic carbocycles. The lowest BCUT2D eigenvalue weighted by molar-refractivity contribution is 0.198. The maximum absolute atomic E-state index is 9.52. The topological polar surface area (TPSA) is 68.1 Å². The van der Waals surface area contributed by atoms with E-state index in [9.17, 15) is 5.11 Å². The Kier molecular flexibility index (Phi) is 3.82. The smallest absolute Gasteiger partial charge is 0.245 e. The fourth-order valence-electron chi connectivity index (χ4n) is 2.82. The van der Waals surface area contributed by atoms with Crippen LogP contribution in [-0.4, -0.2) is 26.5 Å². The number of thioether (sulfide) groups is 1. The van der Waals surface area contributed by atoms with E-state index in [0.717, 1.165) is 16.7 Å². The largest absolute Gasteiger partial charge is 0.508 e. The van der Waals surface area contributed by atoms with Crippen molar-refractivity contribution in [3.05, 3.63) is 59.7 Å². The second-order valence-corrected chi connectivity index (χ2v) is 6.28. The molecule has 4 rings (SSSR count). The van der Waals surface area contributed by atoms with Crippen LogP contribution in [0.25, 0.3) is 11.3 Å². The number of ether oxygens (including phenoxy) is 1. The van der Waals surface area contributed by atoms with Gasteiger partial charge in [-0.25, -0.2) is 0 Å². The summed E-state index contributed by atoms with van der Waals surface area (Å²) < 4.78 is 6.20. The van der Waals surface area contributed by atoms with Crippen LogP contribution in [0, 0.1) is 0 Å². The van der Waals surface area contributed by atoms with Crippen molar-refractivity contribution in [2.75, 3.05) is 6.26 Å². The molecule has 0 spiro atoms. The van der Waals surface area contributed by atoms with E-state index in [1.54, 1.807) is 12.1 Å². The lowest BCUT2D eigenvalue weighted by Crippen LogP contribution is -2.10. The lowest BCUT2D eigenvalue weighted by atomic mass is 9.97. The zero-order valence-electron chi connectivity index (χ0n) is 13.0. The van der Waals surface area contributed by atoms with Gasteiger partial charge < -0.3 is 9.84 Å². The molecule has 24 heavy (non-hydrogen) atoms. The van der Waals surface area contributed by atoms with Crippen molar-refractivity contribution in [1.29, 1.82) is 0 Å². The monoisotopic (exact) mass is 337 g/mol. The number of hydrogen-bond acceptors (Lipinski definition) is 6. The van der Waals surface area contributed by atoms with Crippen molar-refractivity contribution in [1.82, 2.24) is 15.2 Å². The average molecular weight is 337 g/mol. The van der Waals surface area contributed by atoms with Gasteiger partial charge >= 0.3 is 0 Å². The van der Waals surface area contributed by atoms with Gasteiger partial charge in [0, 0.05) is 12.0 Å². The molecule has 120 valence electrons. The molecule has 1 atom stereocenters. The van der Waals surface area contributed by atoms with Gasteiger partial charge in [0.25, 0.3) is 0 Å². The summed E-state index contributed by atoms with van der Waals surface area (Å²) in [6, 6.07) is 15.2. The standard InChI is InChI=1S/C18H15N3O2S/c1-24-18-19-17-16(20-21-18)14-5-3-2-4-12(14)10-15(23-17)11-6-8-13(22)9-7-11/h2-9,15,22H,10H2,1H3. The van der Waals surface area contributed by atoms with Crippen LogP contribution < -0.4 is 4.74 Å². The Hall–Kier alpha value is -2.60. The molecule has 1 N–H and O–H groups in total. The fraction of sp³-hybridized carbons (Fsp3) is 0.167. The first-order valence-electron chi connectivity index (χ1n) is 7.57. The summed E-state index contributed by atoms with van der Waals surface area (Å²) in [4.78, 5) is 4.50. The number of nitrogens with zero attached hydrogens (tertiary/aromatic N) is 3. The van der Waals surface area contributed by atoms with Crippen molar-refractivity contribution < 1.29 is 9.84 Å². The minimum Gasteiger partial charge on any atom is -0.508 e.